The van der Waals surface area contributed by atoms with Crippen LogP contribution in [0.15, 0.2) is 30.3 Å². The highest BCUT2D eigenvalue weighted by atomic mass is 16.5. The average molecular weight is 235 g/mol. The van der Waals surface area contributed by atoms with E-state index in [0.29, 0.717) is 6.42 Å². The Morgan fingerprint density at radius 1 is 1.35 bits per heavy atom. The number of carbonyl (C=O) groups is 2. The standard InChI is InChI=1S/C12H13NO4/c14-11(15)9-6-10(9)13-12(16)17-7-8-4-2-1-3-5-8/h1-5,9-10H,6-7H2,(H,13,16)(H,14,15)/t9-,10-/m1/s1. The van der Waals surface area contributed by atoms with Crippen molar-refractivity contribution < 1.29 is 19.4 Å². The molecule has 1 aliphatic rings. The number of ether oxygens (including phenoxy) is 1. The van der Waals surface area contributed by atoms with Crippen LogP contribution in [0.2, 0.25) is 0 Å². The van der Waals surface area contributed by atoms with E-state index in [4.69, 9.17) is 9.84 Å². The first-order valence-electron chi connectivity index (χ1n) is 5.37. The average Bonchev–Trinajstić information content (AvgIpc) is 3.07. The lowest BCUT2D eigenvalue weighted by Crippen LogP contribution is -2.28. The van der Waals surface area contributed by atoms with Crippen LogP contribution in [0.1, 0.15) is 12.0 Å². The highest BCUT2D eigenvalue weighted by molar-refractivity contribution is 5.77. The van der Waals surface area contributed by atoms with Gasteiger partial charge in [-0.05, 0) is 12.0 Å². The van der Waals surface area contributed by atoms with E-state index in [1.54, 1.807) is 0 Å². The summed E-state index contributed by atoms with van der Waals surface area (Å²) in [5.74, 6) is -1.34. The maximum absolute atomic E-state index is 11.3. The molecule has 0 aliphatic heterocycles. The van der Waals surface area contributed by atoms with Crippen molar-refractivity contribution in [3.63, 3.8) is 0 Å². The Bertz CT molecular complexity index is 418. The molecule has 2 N–H and O–H groups in total. The third-order valence-corrected chi connectivity index (χ3v) is 2.62. The van der Waals surface area contributed by atoms with Crippen LogP contribution >= 0.6 is 0 Å². The van der Waals surface area contributed by atoms with Gasteiger partial charge >= 0.3 is 12.1 Å². The molecule has 0 spiro atoms. The maximum atomic E-state index is 11.3. The first-order valence-corrected chi connectivity index (χ1v) is 5.37. The van der Waals surface area contributed by atoms with E-state index in [9.17, 15) is 9.59 Å². The summed E-state index contributed by atoms with van der Waals surface area (Å²) in [6, 6.07) is 9.02. The molecule has 1 aromatic carbocycles. The number of carboxylic acid groups (broad SMARTS) is 1. The predicted octanol–water partition coefficient (Wildman–Crippen LogP) is 1.39. The summed E-state index contributed by atoms with van der Waals surface area (Å²) in [5.41, 5.74) is 0.897. The second-order valence-corrected chi connectivity index (χ2v) is 3.99. The van der Waals surface area contributed by atoms with Crippen molar-refractivity contribution in [3.8, 4) is 0 Å². The molecule has 1 amide bonds. The third-order valence-electron chi connectivity index (χ3n) is 2.62. The van der Waals surface area contributed by atoms with E-state index in [-0.39, 0.29) is 12.6 Å². The number of benzene rings is 1. The highest BCUT2D eigenvalue weighted by Crippen LogP contribution is 2.30. The van der Waals surface area contributed by atoms with Crippen molar-refractivity contribution in [2.45, 2.75) is 19.1 Å². The van der Waals surface area contributed by atoms with Crippen LogP contribution in [0, 0.1) is 5.92 Å². The molecule has 1 saturated carbocycles. The Labute approximate surface area is 98.4 Å². The number of amides is 1. The van der Waals surface area contributed by atoms with E-state index in [0.717, 1.165) is 5.56 Å². The number of alkyl carbamates (subject to hydrolysis) is 1. The number of hydrogen-bond donors (Lipinski definition) is 2. The number of nitrogens with one attached hydrogen (secondary N) is 1. The summed E-state index contributed by atoms with van der Waals surface area (Å²) in [7, 11) is 0. The SMILES string of the molecule is O=C(N[C@@H]1C[C@H]1C(=O)O)OCc1ccccc1. The maximum Gasteiger partial charge on any atom is 0.407 e. The fraction of sp³-hybridized carbons (Fsp3) is 0.333. The number of aliphatic carboxylic acids is 1. The Balaban J connectivity index is 1.71. The number of carbonyl (C=O) groups excluding carboxylic acids is 1. The highest BCUT2D eigenvalue weighted by Gasteiger charge is 2.44. The van der Waals surface area contributed by atoms with Gasteiger partial charge in [-0.15, -0.1) is 0 Å². The van der Waals surface area contributed by atoms with Gasteiger partial charge in [-0.1, -0.05) is 30.3 Å². The van der Waals surface area contributed by atoms with E-state index in [1.807, 2.05) is 30.3 Å². The summed E-state index contributed by atoms with van der Waals surface area (Å²) >= 11 is 0. The van der Waals surface area contributed by atoms with Gasteiger partial charge in [0.15, 0.2) is 0 Å². The molecule has 0 aromatic heterocycles. The summed E-state index contributed by atoms with van der Waals surface area (Å²) in [6.07, 6.45) is -0.0851. The van der Waals surface area contributed by atoms with E-state index in [1.165, 1.54) is 0 Å². The summed E-state index contributed by atoms with van der Waals surface area (Å²) in [4.78, 5) is 21.8. The molecular formula is C12H13NO4. The lowest BCUT2D eigenvalue weighted by atomic mass is 10.2. The monoisotopic (exact) mass is 235 g/mol. The molecule has 0 bridgehead atoms. The lowest BCUT2D eigenvalue weighted by Gasteiger charge is -2.05. The summed E-state index contributed by atoms with van der Waals surface area (Å²) in [5, 5.41) is 11.2. The Kier molecular flexibility index (Phi) is 3.27. The Hall–Kier alpha value is -2.04. The molecule has 1 fully saturated rings. The number of rotatable bonds is 4. The van der Waals surface area contributed by atoms with Gasteiger partial charge in [-0.2, -0.15) is 0 Å². The van der Waals surface area contributed by atoms with Gasteiger partial charge in [0.1, 0.15) is 6.61 Å². The van der Waals surface area contributed by atoms with Crippen LogP contribution in [-0.4, -0.2) is 23.2 Å². The van der Waals surface area contributed by atoms with Crippen molar-refractivity contribution in [1.29, 1.82) is 0 Å². The predicted molar refractivity (Wildman–Crippen MR) is 59.3 cm³/mol. The van der Waals surface area contributed by atoms with Crippen LogP contribution in [0.5, 0.6) is 0 Å². The van der Waals surface area contributed by atoms with E-state index < -0.39 is 18.0 Å². The molecule has 2 rings (SSSR count). The smallest absolute Gasteiger partial charge is 0.407 e. The van der Waals surface area contributed by atoms with Gasteiger partial charge in [0, 0.05) is 6.04 Å². The molecule has 5 nitrogen and oxygen atoms in total. The van der Waals surface area contributed by atoms with Gasteiger partial charge < -0.3 is 15.2 Å². The summed E-state index contributed by atoms with van der Waals surface area (Å²) < 4.78 is 4.96. The zero-order valence-electron chi connectivity index (χ0n) is 9.13. The molecule has 0 saturated heterocycles. The van der Waals surface area contributed by atoms with Gasteiger partial charge in [-0.3, -0.25) is 4.79 Å². The zero-order chi connectivity index (χ0) is 12.3. The minimum absolute atomic E-state index is 0.192. The molecule has 5 heteroatoms. The van der Waals surface area contributed by atoms with Gasteiger partial charge in [0.05, 0.1) is 5.92 Å². The molecule has 17 heavy (non-hydrogen) atoms. The minimum atomic E-state index is -0.877. The Morgan fingerprint density at radius 3 is 2.65 bits per heavy atom. The molecule has 90 valence electrons. The second kappa shape index (κ2) is 4.86. The molecular weight excluding hydrogens is 222 g/mol. The fourth-order valence-electron chi connectivity index (χ4n) is 1.54. The van der Waals surface area contributed by atoms with Crippen molar-refractivity contribution in [2.24, 2.45) is 5.92 Å². The third kappa shape index (κ3) is 3.21. The Morgan fingerprint density at radius 2 is 2.06 bits per heavy atom. The van der Waals surface area contributed by atoms with Gasteiger partial charge in [0.2, 0.25) is 0 Å². The summed E-state index contributed by atoms with van der Waals surface area (Å²) in [6.45, 7) is 0.192. The molecule has 0 unspecified atom stereocenters. The fourth-order valence-corrected chi connectivity index (χ4v) is 1.54. The largest absolute Gasteiger partial charge is 0.481 e. The van der Waals surface area contributed by atoms with Crippen molar-refractivity contribution in [3.05, 3.63) is 35.9 Å². The van der Waals surface area contributed by atoms with Gasteiger partial charge in [-0.25, -0.2) is 4.79 Å². The molecule has 2 atom stereocenters. The molecule has 0 radical (unpaired) electrons. The molecule has 0 heterocycles. The van der Waals surface area contributed by atoms with E-state index >= 15 is 0 Å². The van der Waals surface area contributed by atoms with Crippen LogP contribution in [0.25, 0.3) is 0 Å². The lowest BCUT2D eigenvalue weighted by molar-refractivity contribution is -0.138. The quantitative estimate of drug-likeness (QED) is 0.826. The van der Waals surface area contributed by atoms with Crippen LogP contribution in [0.4, 0.5) is 4.79 Å². The van der Waals surface area contributed by atoms with Crippen LogP contribution in [-0.2, 0) is 16.1 Å². The zero-order valence-corrected chi connectivity index (χ0v) is 9.13. The van der Waals surface area contributed by atoms with Crippen LogP contribution in [0.3, 0.4) is 0 Å². The van der Waals surface area contributed by atoms with E-state index in [2.05, 4.69) is 5.32 Å². The minimum Gasteiger partial charge on any atom is -0.481 e. The van der Waals surface area contributed by atoms with Gasteiger partial charge in [0.25, 0.3) is 0 Å². The van der Waals surface area contributed by atoms with Crippen molar-refractivity contribution >= 4 is 12.1 Å². The number of hydrogen-bond acceptors (Lipinski definition) is 3. The van der Waals surface area contributed by atoms with Crippen LogP contribution < -0.4 is 5.32 Å². The first-order chi connectivity index (χ1) is 8.16. The number of carboxylic acids is 1. The second-order valence-electron chi connectivity index (χ2n) is 3.99. The van der Waals surface area contributed by atoms with Crippen molar-refractivity contribution in [1.82, 2.24) is 5.32 Å². The normalized spacial score (nSPS) is 21.6. The molecule has 1 aliphatic carbocycles. The first kappa shape index (κ1) is 11.4. The van der Waals surface area contributed by atoms with Crippen molar-refractivity contribution in [2.75, 3.05) is 0 Å². The topological polar surface area (TPSA) is 75.6 Å². The molecule has 1 aromatic rings.